The van der Waals surface area contributed by atoms with Crippen molar-refractivity contribution in [1.82, 2.24) is 20.0 Å². The van der Waals surface area contributed by atoms with Crippen LogP contribution in [0.5, 0.6) is 0 Å². The van der Waals surface area contributed by atoms with Crippen molar-refractivity contribution in [3.8, 4) is 0 Å². The summed E-state index contributed by atoms with van der Waals surface area (Å²) >= 11 is 0. The number of rotatable bonds is 6. The summed E-state index contributed by atoms with van der Waals surface area (Å²) in [5.74, 6) is 0.137. The highest BCUT2D eigenvalue weighted by atomic mass is 16.2. The number of carbonyl (C=O) groups excluding carboxylic acids is 1. The van der Waals surface area contributed by atoms with E-state index in [2.05, 4.69) is 10.4 Å². The number of hydrogen-bond acceptors (Lipinski definition) is 3. The highest BCUT2D eigenvalue weighted by molar-refractivity contribution is 5.81. The van der Waals surface area contributed by atoms with E-state index < -0.39 is 0 Å². The third-order valence-corrected chi connectivity index (χ3v) is 2.98. The zero-order valence-corrected chi connectivity index (χ0v) is 11.1. The van der Waals surface area contributed by atoms with E-state index in [1.165, 1.54) is 5.69 Å². The van der Waals surface area contributed by atoms with Gasteiger partial charge < -0.3 is 10.2 Å². The molecule has 1 amide bonds. The Hall–Kier alpha value is -1.36. The number of nitrogens with one attached hydrogen (secondary N) is 1. The standard InChI is InChI=1S/C12H22N4O/c1-5-15(3)12(17)10(2)13-8-6-11-7-9-14-16(11)4/h7,9-10,13H,5-6,8H2,1-4H3. The van der Waals surface area contributed by atoms with E-state index in [4.69, 9.17) is 0 Å². The summed E-state index contributed by atoms with van der Waals surface area (Å²) in [6.07, 6.45) is 2.67. The van der Waals surface area contributed by atoms with E-state index in [0.29, 0.717) is 0 Å². The molecule has 0 bridgehead atoms. The summed E-state index contributed by atoms with van der Waals surface area (Å²) in [4.78, 5) is 13.5. The van der Waals surface area contributed by atoms with E-state index in [9.17, 15) is 4.79 Å². The molecule has 0 aliphatic rings. The SMILES string of the molecule is CCN(C)C(=O)C(C)NCCc1ccnn1C. The number of carbonyl (C=O) groups is 1. The Morgan fingerprint density at radius 3 is 2.88 bits per heavy atom. The molecule has 0 aliphatic heterocycles. The highest BCUT2D eigenvalue weighted by Gasteiger charge is 2.15. The van der Waals surface area contributed by atoms with Gasteiger partial charge >= 0.3 is 0 Å². The van der Waals surface area contributed by atoms with Crippen molar-refractivity contribution in [3.05, 3.63) is 18.0 Å². The van der Waals surface area contributed by atoms with Gasteiger partial charge in [0.25, 0.3) is 0 Å². The predicted octanol–water partition coefficient (Wildman–Crippen LogP) is 0.419. The molecule has 0 spiro atoms. The summed E-state index contributed by atoms with van der Waals surface area (Å²) in [6.45, 7) is 5.40. The van der Waals surface area contributed by atoms with Gasteiger partial charge in [0, 0.05) is 45.5 Å². The highest BCUT2D eigenvalue weighted by Crippen LogP contribution is 1.97. The third-order valence-electron chi connectivity index (χ3n) is 2.98. The molecule has 1 rings (SSSR count). The predicted molar refractivity (Wildman–Crippen MR) is 67.7 cm³/mol. The van der Waals surface area contributed by atoms with Gasteiger partial charge in [-0.3, -0.25) is 9.48 Å². The Bertz CT molecular complexity index is 361. The van der Waals surface area contributed by atoms with Crippen LogP contribution in [0.15, 0.2) is 12.3 Å². The van der Waals surface area contributed by atoms with Gasteiger partial charge in [-0.1, -0.05) is 0 Å². The maximum Gasteiger partial charge on any atom is 0.239 e. The number of aromatic nitrogens is 2. The fourth-order valence-corrected chi connectivity index (χ4v) is 1.64. The lowest BCUT2D eigenvalue weighted by atomic mass is 10.2. The van der Waals surface area contributed by atoms with Crippen LogP contribution in [0.25, 0.3) is 0 Å². The van der Waals surface area contributed by atoms with Crippen LogP contribution in [0.4, 0.5) is 0 Å². The number of amides is 1. The summed E-state index contributed by atoms with van der Waals surface area (Å²) < 4.78 is 1.85. The minimum Gasteiger partial charge on any atom is -0.345 e. The average Bonchev–Trinajstić information content (AvgIpc) is 2.73. The molecular formula is C12H22N4O. The summed E-state index contributed by atoms with van der Waals surface area (Å²) in [5, 5.41) is 7.34. The zero-order valence-electron chi connectivity index (χ0n) is 11.1. The van der Waals surface area contributed by atoms with Crippen LogP contribution in [-0.4, -0.2) is 46.8 Å². The lowest BCUT2D eigenvalue weighted by molar-refractivity contribution is -0.131. The van der Waals surface area contributed by atoms with Gasteiger partial charge in [0.1, 0.15) is 0 Å². The van der Waals surface area contributed by atoms with Crippen LogP contribution in [0, 0.1) is 0 Å². The Labute approximate surface area is 103 Å². The molecule has 17 heavy (non-hydrogen) atoms. The third kappa shape index (κ3) is 3.85. The van der Waals surface area contributed by atoms with Crippen molar-refractivity contribution in [3.63, 3.8) is 0 Å². The number of hydrogen-bond donors (Lipinski definition) is 1. The minimum atomic E-state index is -0.131. The smallest absolute Gasteiger partial charge is 0.239 e. The summed E-state index contributed by atoms with van der Waals surface area (Å²) in [5.41, 5.74) is 1.17. The van der Waals surface area contributed by atoms with Crippen molar-refractivity contribution < 1.29 is 4.79 Å². The molecule has 1 heterocycles. The van der Waals surface area contributed by atoms with Crippen LogP contribution in [-0.2, 0) is 18.3 Å². The number of nitrogens with zero attached hydrogens (tertiary/aromatic N) is 3. The van der Waals surface area contributed by atoms with Gasteiger partial charge in [0.2, 0.25) is 5.91 Å². The molecule has 0 radical (unpaired) electrons. The van der Waals surface area contributed by atoms with Crippen LogP contribution in [0.2, 0.25) is 0 Å². The molecule has 1 unspecified atom stereocenters. The maximum atomic E-state index is 11.8. The van der Waals surface area contributed by atoms with Crippen molar-refractivity contribution in [2.24, 2.45) is 7.05 Å². The second-order valence-electron chi connectivity index (χ2n) is 4.22. The average molecular weight is 238 g/mol. The first-order chi connectivity index (χ1) is 8.06. The van der Waals surface area contributed by atoms with E-state index in [-0.39, 0.29) is 11.9 Å². The second kappa shape index (κ2) is 6.39. The fraction of sp³-hybridized carbons (Fsp3) is 0.667. The second-order valence-corrected chi connectivity index (χ2v) is 4.22. The summed E-state index contributed by atoms with van der Waals surface area (Å²) in [7, 11) is 3.75. The van der Waals surface area contributed by atoms with Gasteiger partial charge in [-0.2, -0.15) is 5.10 Å². The van der Waals surface area contributed by atoms with E-state index in [1.54, 1.807) is 11.1 Å². The first-order valence-corrected chi connectivity index (χ1v) is 6.01. The van der Waals surface area contributed by atoms with E-state index in [1.807, 2.05) is 38.7 Å². The largest absolute Gasteiger partial charge is 0.345 e. The van der Waals surface area contributed by atoms with Gasteiger partial charge in [-0.05, 0) is 19.9 Å². The lowest BCUT2D eigenvalue weighted by Gasteiger charge is -2.20. The molecule has 1 aromatic rings. The fourth-order valence-electron chi connectivity index (χ4n) is 1.64. The number of aryl methyl sites for hydroxylation is 1. The van der Waals surface area contributed by atoms with Crippen molar-refractivity contribution >= 4 is 5.91 Å². The molecule has 5 heteroatoms. The van der Waals surface area contributed by atoms with E-state index in [0.717, 1.165) is 19.5 Å². The topological polar surface area (TPSA) is 50.2 Å². The lowest BCUT2D eigenvalue weighted by Crippen LogP contribution is -2.43. The quantitative estimate of drug-likeness (QED) is 0.781. The monoisotopic (exact) mass is 238 g/mol. The van der Waals surface area contributed by atoms with Crippen LogP contribution < -0.4 is 5.32 Å². The Kier molecular flexibility index (Phi) is 5.15. The molecule has 0 aromatic carbocycles. The normalized spacial score (nSPS) is 12.5. The Balaban J connectivity index is 2.31. The Morgan fingerprint density at radius 2 is 2.35 bits per heavy atom. The van der Waals surface area contributed by atoms with Crippen LogP contribution >= 0.6 is 0 Å². The molecule has 0 saturated heterocycles. The van der Waals surface area contributed by atoms with Crippen LogP contribution in [0.3, 0.4) is 0 Å². The Morgan fingerprint density at radius 1 is 1.65 bits per heavy atom. The molecular weight excluding hydrogens is 216 g/mol. The van der Waals surface area contributed by atoms with Gasteiger partial charge in [-0.15, -0.1) is 0 Å². The molecule has 96 valence electrons. The first kappa shape index (κ1) is 13.7. The molecule has 1 aromatic heterocycles. The minimum absolute atomic E-state index is 0.131. The van der Waals surface area contributed by atoms with Gasteiger partial charge in [0.05, 0.1) is 6.04 Å². The molecule has 0 fully saturated rings. The van der Waals surface area contributed by atoms with Crippen molar-refractivity contribution in [2.45, 2.75) is 26.3 Å². The van der Waals surface area contributed by atoms with Crippen molar-refractivity contribution in [1.29, 1.82) is 0 Å². The maximum absolute atomic E-state index is 11.8. The number of likely N-dealkylation sites (N-methyl/N-ethyl adjacent to an activating group) is 1. The molecule has 1 atom stereocenters. The van der Waals surface area contributed by atoms with Crippen molar-refractivity contribution in [2.75, 3.05) is 20.1 Å². The summed E-state index contributed by atoms with van der Waals surface area (Å²) in [6, 6.07) is 1.86. The molecule has 0 aliphatic carbocycles. The van der Waals surface area contributed by atoms with Gasteiger partial charge in [0.15, 0.2) is 0 Å². The molecule has 0 saturated carbocycles. The van der Waals surface area contributed by atoms with Crippen LogP contribution in [0.1, 0.15) is 19.5 Å². The van der Waals surface area contributed by atoms with Gasteiger partial charge in [-0.25, -0.2) is 0 Å². The van der Waals surface area contributed by atoms with E-state index >= 15 is 0 Å². The molecule has 5 nitrogen and oxygen atoms in total. The molecule has 1 N–H and O–H groups in total. The first-order valence-electron chi connectivity index (χ1n) is 6.01. The zero-order chi connectivity index (χ0) is 12.8.